The molecular weight excluding hydrogens is 188 g/mol. The Morgan fingerprint density at radius 3 is 1.80 bits per heavy atom. The molecule has 1 aromatic rings. The van der Waals surface area contributed by atoms with Crippen molar-refractivity contribution in [2.75, 3.05) is 14.2 Å². The van der Waals surface area contributed by atoms with E-state index < -0.39 is 0 Å². The molecule has 0 saturated heterocycles. The third-order valence-electron chi connectivity index (χ3n) is 2.04. The van der Waals surface area contributed by atoms with E-state index >= 15 is 0 Å². The highest BCUT2D eigenvalue weighted by Gasteiger charge is 2.04. The molecule has 0 radical (unpaired) electrons. The van der Waals surface area contributed by atoms with E-state index in [0.717, 1.165) is 16.9 Å². The van der Waals surface area contributed by atoms with Crippen molar-refractivity contribution in [2.45, 2.75) is 34.3 Å². The minimum absolute atomic E-state index is 0.658. The maximum atomic E-state index is 5.27. The molecule has 0 N–H and O–H groups in total. The summed E-state index contributed by atoms with van der Waals surface area (Å²) >= 11 is 0. The Kier molecular flexibility index (Phi) is 6.80. The second kappa shape index (κ2) is 7.30. The largest absolute Gasteiger partial charge is 0.496 e. The van der Waals surface area contributed by atoms with Crippen LogP contribution in [0, 0.1) is 13.8 Å². The van der Waals surface area contributed by atoms with E-state index in [-0.39, 0.29) is 0 Å². The van der Waals surface area contributed by atoms with Crippen molar-refractivity contribution < 1.29 is 9.47 Å². The second-order valence-electron chi connectivity index (χ2n) is 3.20. The SMILES string of the molecule is CC.COCc1cc(C)c(OC)c(C)c1. The van der Waals surface area contributed by atoms with E-state index in [0.29, 0.717) is 6.61 Å². The van der Waals surface area contributed by atoms with Gasteiger partial charge in [0.1, 0.15) is 5.75 Å². The van der Waals surface area contributed by atoms with Crippen molar-refractivity contribution in [1.29, 1.82) is 0 Å². The van der Waals surface area contributed by atoms with Gasteiger partial charge < -0.3 is 9.47 Å². The van der Waals surface area contributed by atoms with Crippen molar-refractivity contribution in [3.05, 3.63) is 28.8 Å². The molecule has 0 bridgehead atoms. The highest BCUT2D eigenvalue weighted by Crippen LogP contribution is 2.24. The Morgan fingerprint density at radius 2 is 1.47 bits per heavy atom. The Balaban J connectivity index is 0.000000921. The Labute approximate surface area is 93.2 Å². The summed E-state index contributed by atoms with van der Waals surface area (Å²) in [6, 6.07) is 4.19. The number of methoxy groups -OCH3 is 2. The van der Waals surface area contributed by atoms with E-state index in [2.05, 4.69) is 12.1 Å². The zero-order valence-corrected chi connectivity index (χ0v) is 10.7. The van der Waals surface area contributed by atoms with Crippen LogP contribution in [0.1, 0.15) is 30.5 Å². The van der Waals surface area contributed by atoms with E-state index in [1.165, 1.54) is 5.56 Å². The van der Waals surface area contributed by atoms with Crippen LogP contribution < -0.4 is 4.74 Å². The summed E-state index contributed by atoms with van der Waals surface area (Å²) in [5.41, 5.74) is 3.52. The number of hydrogen-bond acceptors (Lipinski definition) is 2. The van der Waals surface area contributed by atoms with Gasteiger partial charge in [0.05, 0.1) is 13.7 Å². The van der Waals surface area contributed by atoms with E-state index in [1.807, 2.05) is 27.7 Å². The number of ether oxygens (including phenoxy) is 2. The van der Waals surface area contributed by atoms with Crippen LogP contribution in [0.4, 0.5) is 0 Å². The molecule has 0 aromatic heterocycles. The average molecular weight is 210 g/mol. The molecule has 0 aliphatic carbocycles. The molecule has 2 heteroatoms. The lowest BCUT2D eigenvalue weighted by atomic mass is 10.1. The minimum Gasteiger partial charge on any atom is -0.496 e. The fourth-order valence-electron chi connectivity index (χ4n) is 1.61. The van der Waals surface area contributed by atoms with Gasteiger partial charge in [-0.15, -0.1) is 0 Å². The van der Waals surface area contributed by atoms with Gasteiger partial charge in [0.15, 0.2) is 0 Å². The summed E-state index contributed by atoms with van der Waals surface area (Å²) in [6.45, 7) is 8.75. The first kappa shape index (κ1) is 14.0. The lowest BCUT2D eigenvalue weighted by Crippen LogP contribution is -1.95. The molecule has 0 aliphatic rings. The maximum Gasteiger partial charge on any atom is 0.124 e. The first-order chi connectivity index (χ1) is 7.19. The third kappa shape index (κ3) is 3.92. The summed E-state index contributed by atoms with van der Waals surface area (Å²) in [7, 11) is 3.40. The molecule has 0 amide bonds. The molecule has 86 valence electrons. The van der Waals surface area contributed by atoms with Crippen LogP contribution in [-0.2, 0) is 11.3 Å². The Bertz CT molecular complexity index is 270. The number of aryl methyl sites for hydroxylation is 2. The zero-order valence-electron chi connectivity index (χ0n) is 10.7. The fraction of sp³-hybridized carbons (Fsp3) is 0.538. The van der Waals surface area contributed by atoms with Gasteiger partial charge in [-0.3, -0.25) is 0 Å². The quantitative estimate of drug-likeness (QED) is 0.760. The van der Waals surface area contributed by atoms with Crippen molar-refractivity contribution in [1.82, 2.24) is 0 Å². The highest BCUT2D eigenvalue weighted by molar-refractivity contribution is 5.43. The maximum absolute atomic E-state index is 5.27. The molecule has 0 heterocycles. The van der Waals surface area contributed by atoms with Crippen molar-refractivity contribution >= 4 is 0 Å². The lowest BCUT2D eigenvalue weighted by Gasteiger charge is -2.10. The summed E-state index contributed by atoms with van der Waals surface area (Å²) in [6.07, 6.45) is 0. The molecule has 0 unspecified atom stereocenters. The molecule has 0 atom stereocenters. The van der Waals surface area contributed by atoms with Crippen LogP contribution in [0.25, 0.3) is 0 Å². The van der Waals surface area contributed by atoms with Gasteiger partial charge in [-0.05, 0) is 30.5 Å². The van der Waals surface area contributed by atoms with Gasteiger partial charge in [0.25, 0.3) is 0 Å². The van der Waals surface area contributed by atoms with Crippen LogP contribution in [-0.4, -0.2) is 14.2 Å². The highest BCUT2D eigenvalue weighted by atomic mass is 16.5. The molecule has 1 rings (SSSR count). The topological polar surface area (TPSA) is 18.5 Å². The minimum atomic E-state index is 0.658. The van der Waals surface area contributed by atoms with Crippen molar-refractivity contribution in [3.8, 4) is 5.75 Å². The predicted octanol–water partition coefficient (Wildman–Crippen LogP) is 3.48. The first-order valence-corrected chi connectivity index (χ1v) is 5.32. The normalized spacial score (nSPS) is 9.20. The van der Waals surface area contributed by atoms with Crippen molar-refractivity contribution in [2.24, 2.45) is 0 Å². The molecular formula is C13H22O2. The van der Waals surface area contributed by atoms with Gasteiger partial charge in [-0.2, -0.15) is 0 Å². The van der Waals surface area contributed by atoms with Crippen LogP contribution in [0.5, 0.6) is 5.75 Å². The molecule has 15 heavy (non-hydrogen) atoms. The predicted molar refractivity (Wildman–Crippen MR) is 64.5 cm³/mol. The van der Waals surface area contributed by atoms with Gasteiger partial charge in [-0.1, -0.05) is 26.0 Å². The average Bonchev–Trinajstić information content (AvgIpc) is 2.21. The standard InChI is InChI=1S/C11H16O2.C2H6/c1-8-5-10(7-12-3)6-9(2)11(8)13-4;1-2/h5-6H,7H2,1-4H3;1-2H3. The molecule has 0 spiro atoms. The smallest absolute Gasteiger partial charge is 0.124 e. The van der Waals surface area contributed by atoms with E-state index in [1.54, 1.807) is 14.2 Å². The molecule has 0 fully saturated rings. The summed E-state index contributed by atoms with van der Waals surface area (Å²) in [5, 5.41) is 0. The number of hydrogen-bond donors (Lipinski definition) is 0. The molecule has 0 saturated carbocycles. The lowest BCUT2D eigenvalue weighted by molar-refractivity contribution is 0.184. The van der Waals surface area contributed by atoms with Crippen LogP contribution in [0.3, 0.4) is 0 Å². The Hall–Kier alpha value is -1.02. The Morgan fingerprint density at radius 1 is 1.00 bits per heavy atom. The van der Waals surface area contributed by atoms with Crippen LogP contribution in [0.15, 0.2) is 12.1 Å². The number of benzene rings is 1. The fourth-order valence-corrected chi connectivity index (χ4v) is 1.61. The first-order valence-electron chi connectivity index (χ1n) is 5.32. The van der Waals surface area contributed by atoms with Crippen molar-refractivity contribution in [3.63, 3.8) is 0 Å². The summed E-state index contributed by atoms with van der Waals surface area (Å²) < 4.78 is 10.3. The van der Waals surface area contributed by atoms with Crippen LogP contribution >= 0.6 is 0 Å². The molecule has 2 nitrogen and oxygen atoms in total. The second-order valence-corrected chi connectivity index (χ2v) is 3.20. The zero-order chi connectivity index (χ0) is 11.8. The monoisotopic (exact) mass is 210 g/mol. The van der Waals surface area contributed by atoms with Gasteiger partial charge in [-0.25, -0.2) is 0 Å². The number of rotatable bonds is 3. The summed E-state index contributed by atoms with van der Waals surface area (Å²) in [5.74, 6) is 0.972. The summed E-state index contributed by atoms with van der Waals surface area (Å²) in [4.78, 5) is 0. The third-order valence-corrected chi connectivity index (χ3v) is 2.04. The van der Waals surface area contributed by atoms with Crippen LogP contribution in [0.2, 0.25) is 0 Å². The molecule has 1 aromatic carbocycles. The van der Waals surface area contributed by atoms with E-state index in [4.69, 9.17) is 9.47 Å². The molecule has 0 aliphatic heterocycles. The van der Waals surface area contributed by atoms with E-state index in [9.17, 15) is 0 Å². The van der Waals surface area contributed by atoms with Gasteiger partial charge in [0.2, 0.25) is 0 Å². The van der Waals surface area contributed by atoms with Gasteiger partial charge in [0, 0.05) is 7.11 Å². The van der Waals surface area contributed by atoms with Gasteiger partial charge >= 0.3 is 0 Å².